The summed E-state index contributed by atoms with van der Waals surface area (Å²) < 4.78 is 33.3. The summed E-state index contributed by atoms with van der Waals surface area (Å²) in [6.45, 7) is 0.0331. The van der Waals surface area contributed by atoms with Crippen LogP contribution in [0.1, 0.15) is 5.56 Å². The molecule has 0 saturated carbocycles. The highest BCUT2D eigenvalue weighted by atomic mass is 35.5. The summed E-state index contributed by atoms with van der Waals surface area (Å²) >= 11 is 24.2. The van der Waals surface area contributed by atoms with E-state index in [0.717, 1.165) is 6.07 Å². The lowest BCUT2D eigenvalue weighted by molar-refractivity contribution is -0.384. The van der Waals surface area contributed by atoms with Gasteiger partial charge in [0.1, 0.15) is 5.75 Å². The van der Waals surface area contributed by atoms with Gasteiger partial charge in [0.05, 0.1) is 24.9 Å². The molecule has 3 aromatic rings. The maximum absolute atomic E-state index is 12.6. The van der Waals surface area contributed by atoms with Crippen molar-refractivity contribution in [2.75, 3.05) is 0 Å². The van der Waals surface area contributed by atoms with Gasteiger partial charge in [0, 0.05) is 23.7 Å². The maximum atomic E-state index is 12.6. The van der Waals surface area contributed by atoms with Crippen LogP contribution in [0.2, 0.25) is 20.1 Å². The Labute approximate surface area is 197 Å². The lowest BCUT2D eigenvalue weighted by Crippen LogP contribution is -2.23. The van der Waals surface area contributed by atoms with Crippen molar-refractivity contribution in [2.24, 2.45) is 0 Å². The number of nitrogens with zero attached hydrogens (tertiary/aromatic N) is 1. The third-order valence-corrected chi connectivity index (χ3v) is 6.49. The largest absolute Gasteiger partial charge is 0.453 e. The standard InChI is InChI=1S/C19H12Cl4N2O5S/c20-12-3-1-11(2-4-12)10-24-31(28,29)14-8-16(22)19(17(23)9-14)30-18-6-5-13(25(26)27)7-15(18)21/h1-9,24H,10H2. The molecule has 0 radical (unpaired) electrons. The number of hydrogen-bond donors (Lipinski definition) is 1. The van der Waals surface area contributed by atoms with Crippen LogP contribution in [0.25, 0.3) is 0 Å². The number of benzene rings is 3. The van der Waals surface area contributed by atoms with E-state index in [-0.39, 0.29) is 43.7 Å². The van der Waals surface area contributed by atoms with Gasteiger partial charge in [-0.3, -0.25) is 10.1 Å². The Morgan fingerprint density at radius 1 is 0.903 bits per heavy atom. The number of ether oxygens (including phenoxy) is 1. The molecule has 0 aliphatic heterocycles. The molecule has 0 spiro atoms. The van der Waals surface area contributed by atoms with Crippen molar-refractivity contribution in [1.82, 2.24) is 4.72 Å². The molecule has 0 atom stereocenters. The monoisotopic (exact) mass is 520 g/mol. The maximum Gasteiger partial charge on any atom is 0.271 e. The van der Waals surface area contributed by atoms with Crippen LogP contribution in [0, 0.1) is 10.1 Å². The van der Waals surface area contributed by atoms with Crippen LogP contribution in [-0.2, 0) is 16.6 Å². The van der Waals surface area contributed by atoms with E-state index in [4.69, 9.17) is 51.1 Å². The normalized spacial score (nSPS) is 11.4. The van der Waals surface area contributed by atoms with E-state index in [2.05, 4.69) is 4.72 Å². The van der Waals surface area contributed by atoms with Crippen LogP contribution in [0.15, 0.2) is 59.5 Å². The molecule has 3 aromatic carbocycles. The van der Waals surface area contributed by atoms with Gasteiger partial charge in [-0.1, -0.05) is 58.5 Å². The predicted molar refractivity (Wildman–Crippen MR) is 120 cm³/mol. The SMILES string of the molecule is O=[N+]([O-])c1ccc(Oc2c(Cl)cc(S(=O)(=O)NCc3ccc(Cl)cc3)cc2Cl)c(Cl)c1. The third kappa shape index (κ3) is 5.79. The van der Waals surface area contributed by atoms with Gasteiger partial charge < -0.3 is 4.74 Å². The smallest absolute Gasteiger partial charge is 0.271 e. The molecule has 0 amide bonds. The van der Waals surface area contributed by atoms with Gasteiger partial charge in [0.2, 0.25) is 10.0 Å². The Balaban J connectivity index is 1.82. The second-order valence-corrected chi connectivity index (χ2v) is 9.57. The van der Waals surface area contributed by atoms with E-state index in [1.807, 2.05) is 0 Å². The molecule has 12 heteroatoms. The molecule has 7 nitrogen and oxygen atoms in total. The van der Waals surface area contributed by atoms with Crippen molar-refractivity contribution in [3.05, 3.63) is 90.4 Å². The van der Waals surface area contributed by atoms with Gasteiger partial charge >= 0.3 is 0 Å². The number of non-ortho nitro benzene ring substituents is 1. The van der Waals surface area contributed by atoms with Crippen LogP contribution in [0.3, 0.4) is 0 Å². The highest BCUT2D eigenvalue weighted by Crippen LogP contribution is 2.41. The number of sulfonamides is 1. The molecule has 1 N–H and O–H groups in total. The van der Waals surface area contributed by atoms with Gasteiger partial charge in [-0.15, -0.1) is 0 Å². The molecule has 0 aliphatic rings. The molecule has 31 heavy (non-hydrogen) atoms. The van der Waals surface area contributed by atoms with Gasteiger partial charge in [-0.2, -0.15) is 0 Å². The second-order valence-electron chi connectivity index (χ2n) is 6.14. The molecular formula is C19H12Cl4N2O5S. The first-order valence-electron chi connectivity index (χ1n) is 8.42. The Bertz CT molecular complexity index is 1230. The fourth-order valence-corrected chi connectivity index (χ4v) is 4.55. The van der Waals surface area contributed by atoms with Crippen molar-refractivity contribution in [1.29, 1.82) is 0 Å². The summed E-state index contributed by atoms with van der Waals surface area (Å²) in [6.07, 6.45) is 0. The van der Waals surface area contributed by atoms with Crippen molar-refractivity contribution >= 4 is 62.1 Å². The van der Waals surface area contributed by atoms with Gasteiger partial charge in [-0.05, 0) is 35.9 Å². The molecule has 0 fully saturated rings. The second kappa shape index (κ2) is 9.60. The number of rotatable bonds is 7. The lowest BCUT2D eigenvalue weighted by atomic mass is 10.2. The van der Waals surface area contributed by atoms with E-state index >= 15 is 0 Å². The predicted octanol–water partition coefficient (Wildman–Crippen LogP) is 6.48. The summed E-state index contributed by atoms with van der Waals surface area (Å²) in [5.74, 6) is 0.0169. The van der Waals surface area contributed by atoms with E-state index in [1.54, 1.807) is 24.3 Å². The van der Waals surface area contributed by atoms with Crippen LogP contribution >= 0.6 is 46.4 Å². The molecule has 162 valence electrons. The first kappa shape index (κ1) is 23.6. The molecule has 0 aliphatic carbocycles. The molecule has 0 aromatic heterocycles. The molecule has 0 bridgehead atoms. The molecule has 0 heterocycles. The van der Waals surface area contributed by atoms with Crippen LogP contribution in [0.4, 0.5) is 5.69 Å². The van der Waals surface area contributed by atoms with Gasteiger partial charge in [0.25, 0.3) is 5.69 Å². The number of halogens is 4. The van der Waals surface area contributed by atoms with Crippen molar-refractivity contribution in [3.8, 4) is 11.5 Å². The number of nitrogens with one attached hydrogen (secondary N) is 1. The molecule has 3 rings (SSSR count). The highest BCUT2D eigenvalue weighted by molar-refractivity contribution is 7.89. The zero-order chi connectivity index (χ0) is 22.8. The van der Waals surface area contributed by atoms with Crippen LogP contribution in [0.5, 0.6) is 11.5 Å². The minimum atomic E-state index is -3.93. The Morgan fingerprint density at radius 3 is 2.06 bits per heavy atom. The topological polar surface area (TPSA) is 98.5 Å². The first-order chi connectivity index (χ1) is 14.6. The van der Waals surface area contributed by atoms with Crippen LogP contribution < -0.4 is 9.46 Å². The zero-order valence-corrected chi connectivity index (χ0v) is 19.2. The molecular weight excluding hydrogens is 510 g/mol. The fraction of sp³-hybridized carbons (Fsp3) is 0.0526. The Hall–Kier alpha value is -2.07. The summed E-state index contributed by atoms with van der Waals surface area (Å²) in [6, 6.07) is 12.6. The zero-order valence-electron chi connectivity index (χ0n) is 15.3. The Morgan fingerprint density at radius 2 is 1.52 bits per heavy atom. The molecule has 0 saturated heterocycles. The minimum Gasteiger partial charge on any atom is -0.453 e. The number of hydrogen-bond acceptors (Lipinski definition) is 5. The summed E-state index contributed by atoms with van der Waals surface area (Å²) in [4.78, 5) is 10.0. The van der Waals surface area contributed by atoms with Crippen molar-refractivity contribution in [3.63, 3.8) is 0 Å². The van der Waals surface area contributed by atoms with Crippen molar-refractivity contribution in [2.45, 2.75) is 11.4 Å². The van der Waals surface area contributed by atoms with Crippen molar-refractivity contribution < 1.29 is 18.1 Å². The van der Waals surface area contributed by atoms with E-state index in [0.29, 0.717) is 10.6 Å². The van der Waals surface area contributed by atoms with E-state index in [9.17, 15) is 18.5 Å². The first-order valence-corrected chi connectivity index (χ1v) is 11.4. The average Bonchev–Trinajstić information content (AvgIpc) is 2.71. The number of nitro benzene ring substituents is 1. The third-order valence-electron chi connectivity index (χ3n) is 4.00. The summed E-state index contributed by atoms with van der Waals surface area (Å²) in [5.41, 5.74) is 0.487. The lowest BCUT2D eigenvalue weighted by Gasteiger charge is -2.13. The van der Waals surface area contributed by atoms with Gasteiger partial charge in [-0.25, -0.2) is 13.1 Å². The quantitative estimate of drug-likeness (QED) is 0.283. The van der Waals surface area contributed by atoms with E-state index < -0.39 is 14.9 Å². The van der Waals surface area contributed by atoms with Crippen LogP contribution in [-0.4, -0.2) is 13.3 Å². The summed E-state index contributed by atoms with van der Waals surface area (Å²) in [7, 11) is -3.93. The minimum absolute atomic E-state index is 0.0331. The Kier molecular flexibility index (Phi) is 7.31. The fourth-order valence-electron chi connectivity index (χ4n) is 2.45. The highest BCUT2D eigenvalue weighted by Gasteiger charge is 2.20. The summed E-state index contributed by atoms with van der Waals surface area (Å²) in [5, 5.41) is 11.1. The number of nitro groups is 1. The van der Waals surface area contributed by atoms with E-state index in [1.165, 1.54) is 24.3 Å². The molecule has 0 unspecified atom stereocenters. The van der Waals surface area contributed by atoms with Gasteiger partial charge in [0.15, 0.2) is 5.75 Å². The average molecular weight is 522 g/mol.